The minimum absolute atomic E-state index is 0.0823. The minimum Gasteiger partial charge on any atom is -0.543 e. The fourth-order valence-corrected chi connectivity index (χ4v) is 4.11. The summed E-state index contributed by atoms with van der Waals surface area (Å²) in [6.07, 6.45) is 2.69. The molecule has 23 heavy (non-hydrogen) atoms. The normalized spacial score (nSPS) is 13.9. The van der Waals surface area contributed by atoms with Crippen LogP contribution in [0, 0.1) is 5.82 Å². The molecule has 0 spiro atoms. The molecule has 1 atom stereocenters. The van der Waals surface area contributed by atoms with Crippen molar-refractivity contribution in [3.63, 3.8) is 0 Å². The van der Waals surface area contributed by atoms with Gasteiger partial charge < -0.3 is 4.43 Å². The first kappa shape index (κ1) is 18.1. The van der Waals surface area contributed by atoms with Gasteiger partial charge in [0.2, 0.25) is 8.32 Å². The molecule has 126 valence electrons. The molecule has 0 aliphatic heterocycles. The Morgan fingerprint density at radius 3 is 2.48 bits per heavy atom. The molecule has 1 aromatic heterocycles. The van der Waals surface area contributed by atoms with Gasteiger partial charge >= 0.3 is 0 Å². The largest absolute Gasteiger partial charge is 0.543 e. The van der Waals surface area contributed by atoms with Gasteiger partial charge in [0, 0.05) is 23.6 Å². The van der Waals surface area contributed by atoms with Crippen LogP contribution >= 0.6 is 11.3 Å². The first-order chi connectivity index (χ1) is 10.6. The molecule has 2 rings (SSSR count). The lowest BCUT2D eigenvalue weighted by Gasteiger charge is -2.36. The molecule has 1 aromatic carbocycles. The Labute approximate surface area is 143 Å². The highest BCUT2D eigenvalue weighted by atomic mass is 32.1. The summed E-state index contributed by atoms with van der Waals surface area (Å²) in [5.74, 6) is 0.514. The van der Waals surface area contributed by atoms with E-state index in [0.29, 0.717) is 5.75 Å². The molecule has 1 unspecified atom stereocenters. The number of aromatic nitrogens is 1. The van der Waals surface area contributed by atoms with Crippen LogP contribution in [0.5, 0.6) is 5.75 Å². The zero-order valence-electron chi connectivity index (χ0n) is 14.8. The second-order valence-electron chi connectivity index (χ2n) is 7.41. The van der Waals surface area contributed by atoms with Crippen molar-refractivity contribution in [2.45, 2.75) is 58.2 Å². The molecule has 0 radical (unpaired) electrons. The molecule has 0 bridgehead atoms. The lowest BCUT2D eigenvalue weighted by atomic mass is 9.97. The number of hydrogen-bond donors (Lipinski definition) is 0. The quantitative estimate of drug-likeness (QED) is 0.598. The number of nitrogens with zero attached hydrogens (tertiary/aromatic N) is 1. The van der Waals surface area contributed by atoms with Gasteiger partial charge in [-0.3, -0.25) is 0 Å². The smallest absolute Gasteiger partial charge is 0.250 e. The van der Waals surface area contributed by atoms with E-state index in [4.69, 9.17) is 4.43 Å². The summed E-state index contributed by atoms with van der Waals surface area (Å²) in [4.78, 5) is 4.40. The van der Waals surface area contributed by atoms with Gasteiger partial charge in [-0.1, -0.05) is 27.7 Å². The molecular formula is C18H26FNOSSi. The summed E-state index contributed by atoms with van der Waals surface area (Å²) in [5, 5.41) is 3.07. The van der Waals surface area contributed by atoms with Crippen molar-refractivity contribution in [2.75, 3.05) is 0 Å². The molecule has 2 aromatic rings. The molecular weight excluding hydrogens is 325 g/mol. The lowest BCUT2D eigenvalue weighted by molar-refractivity contribution is 0.485. The van der Waals surface area contributed by atoms with E-state index in [9.17, 15) is 4.39 Å². The van der Waals surface area contributed by atoms with Crippen molar-refractivity contribution in [1.29, 1.82) is 0 Å². The standard InChI is InChI=1S/C18H26FNOSSi/c1-7-16(17-20-8-9-22-17)13-10-14(19)12-15(11-13)21-23(5,6)18(2,3)4/h8-12,16H,7H2,1-6H3. The first-order valence-corrected chi connectivity index (χ1v) is 11.8. The monoisotopic (exact) mass is 351 g/mol. The van der Waals surface area contributed by atoms with Crippen LogP contribution in [-0.4, -0.2) is 13.3 Å². The third-order valence-electron chi connectivity index (χ3n) is 4.63. The Bertz CT molecular complexity index is 650. The molecule has 1 heterocycles. The second kappa shape index (κ2) is 6.73. The highest BCUT2D eigenvalue weighted by Gasteiger charge is 2.39. The van der Waals surface area contributed by atoms with E-state index < -0.39 is 8.32 Å². The molecule has 0 N–H and O–H groups in total. The Hall–Kier alpha value is -1.20. The Kier molecular flexibility index (Phi) is 5.31. The molecule has 0 fully saturated rings. The van der Waals surface area contributed by atoms with Crippen molar-refractivity contribution >= 4 is 19.7 Å². The van der Waals surface area contributed by atoms with Crippen LogP contribution in [0.3, 0.4) is 0 Å². The summed E-state index contributed by atoms with van der Waals surface area (Å²) in [6, 6.07) is 5.09. The van der Waals surface area contributed by atoms with Gasteiger partial charge in [-0.15, -0.1) is 11.3 Å². The summed E-state index contributed by atoms with van der Waals surface area (Å²) in [5.41, 5.74) is 0.941. The molecule has 0 aliphatic rings. The molecule has 0 saturated heterocycles. The van der Waals surface area contributed by atoms with Crippen molar-refractivity contribution < 1.29 is 8.82 Å². The highest BCUT2D eigenvalue weighted by molar-refractivity contribution is 7.09. The number of rotatable bonds is 5. The van der Waals surface area contributed by atoms with Crippen LogP contribution in [0.2, 0.25) is 18.1 Å². The summed E-state index contributed by atoms with van der Waals surface area (Å²) in [7, 11) is -1.98. The van der Waals surface area contributed by atoms with E-state index >= 15 is 0 Å². The first-order valence-electron chi connectivity index (χ1n) is 8.03. The average molecular weight is 352 g/mol. The van der Waals surface area contributed by atoms with Crippen molar-refractivity contribution in [3.05, 3.63) is 46.2 Å². The van der Waals surface area contributed by atoms with Gasteiger partial charge in [-0.2, -0.15) is 0 Å². The SMILES string of the molecule is CCC(c1cc(F)cc(O[Si](C)(C)C(C)(C)C)c1)c1nccs1. The number of thiazole rings is 1. The van der Waals surface area contributed by atoms with E-state index in [1.54, 1.807) is 23.6 Å². The Balaban J connectivity index is 2.36. The van der Waals surface area contributed by atoms with E-state index in [2.05, 4.69) is 45.8 Å². The van der Waals surface area contributed by atoms with E-state index in [1.165, 1.54) is 6.07 Å². The summed E-state index contributed by atoms with van der Waals surface area (Å²) >= 11 is 1.61. The van der Waals surface area contributed by atoms with Crippen LogP contribution in [-0.2, 0) is 0 Å². The topological polar surface area (TPSA) is 22.1 Å². The van der Waals surface area contributed by atoms with Gasteiger partial charge in [0.15, 0.2) is 0 Å². The number of benzene rings is 1. The maximum Gasteiger partial charge on any atom is 0.250 e. The average Bonchev–Trinajstić information content (AvgIpc) is 2.90. The zero-order valence-corrected chi connectivity index (χ0v) is 16.6. The molecule has 0 aliphatic carbocycles. The third kappa shape index (κ3) is 4.21. The van der Waals surface area contributed by atoms with Crippen LogP contribution in [0.25, 0.3) is 0 Å². The van der Waals surface area contributed by atoms with Crippen molar-refractivity contribution in [1.82, 2.24) is 4.98 Å². The molecule has 5 heteroatoms. The molecule has 0 amide bonds. The summed E-state index contributed by atoms with van der Waals surface area (Å²) in [6.45, 7) is 13.0. The van der Waals surface area contributed by atoms with Gasteiger partial charge in [-0.05, 0) is 42.2 Å². The number of hydrogen-bond acceptors (Lipinski definition) is 3. The van der Waals surface area contributed by atoms with Crippen molar-refractivity contribution in [3.8, 4) is 5.75 Å². The van der Waals surface area contributed by atoms with Crippen molar-refractivity contribution in [2.24, 2.45) is 0 Å². The van der Waals surface area contributed by atoms with Gasteiger partial charge in [0.25, 0.3) is 0 Å². The molecule has 2 nitrogen and oxygen atoms in total. The van der Waals surface area contributed by atoms with Crippen LogP contribution < -0.4 is 4.43 Å². The van der Waals surface area contributed by atoms with E-state index in [1.807, 2.05) is 11.4 Å². The van der Waals surface area contributed by atoms with E-state index in [-0.39, 0.29) is 16.8 Å². The maximum atomic E-state index is 14.2. The Morgan fingerprint density at radius 1 is 1.26 bits per heavy atom. The predicted molar refractivity (Wildman–Crippen MR) is 98.5 cm³/mol. The van der Waals surface area contributed by atoms with Gasteiger partial charge in [-0.25, -0.2) is 9.37 Å². The van der Waals surface area contributed by atoms with Crippen LogP contribution in [0.15, 0.2) is 29.8 Å². The fourth-order valence-electron chi connectivity index (χ4n) is 2.25. The minimum atomic E-state index is -1.98. The van der Waals surface area contributed by atoms with Crippen LogP contribution in [0.4, 0.5) is 4.39 Å². The summed E-state index contributed by atoms with van der Waals surface area (Å²) < 4.78 is 20.4. The zero-order chi connectivity index (χ0) is 17.3. The maximum absolute atomic E-state index is 14.2. The molecule has 0 saturated carbocycles. The Morgan fingerprint density at radius 2 is 1.96 bits per heavy atom. The number of halogens is 1. The lowest BCUT2D eigenvalue weighted by Crippen LogP contribution is -2.43. The van der Waals surface area contributed by atoms with E-state index in [0.717, 1.165) is 17.0 Å². The van der Waals surface area contributed by atoms with Gasteiger partial charge in [0.05, 0.1) is 5.01 Å². The third-order valence-corrected chi connectivity index (χ3v) is 9.88. The van der Waals surface area contributed by atoms with Crippen LogP contribution in [0.1, 0.15) is 50.6 Å². The highest BCUT2D eigenvalue weighted by Crippen LogP contribution is 2.39. The second-order valence-corrected chi connectivity index (χ2v) is 13.1. The fraction of sp³-hybridized carbons (Fsp3) is 0.500. The van der Waals surface area contributed by atoms with Gasteiger partial charge in [0.1, 0.15) is 11.6 Å². The predicted octanol–water partition coefficient (Wildman–Crippen LogP) is 6.21.